The molecule has 1 fully saturated rings. The summed E-state index contributed by atoms with van der Waals surface area (Å²) >= 11 is 13.4. The Morgan fingerprint density at radius 2 is 1.75 bits per heavy atom. The summed E-state index contributed by atoms with van der Waals surface area (Å²) in [5, 5.41) is 9.67. The van der Waals surface area contributed by atoms with E-state index in [9.17, 15) is 14.7 Å². The van der Waals surface area contributed by atoms with E-state index in [2.05, 4.69) is 31.9 Å². The first-order chi connectivity index (χ1) is 11.4. The van der Waals surface area contributed by atoms with Gasteiger partial charge < -0.3 is 5.11 Å². The molecule has 1 aliphatic heterocycles. The molecule has 2 aromatic rings. The highest BCUT2D eigenvalue weighted by atomic mass is 79.9. The van der Waals surface area contributed by atoms with Gasteiger partial charge >= 0.3 is 0 Å². The maximum Gasteiger partial charge on any atom is 0.298 e. The molecule has 0 radical (unpaired) electrons. The molecule has 1 saturated heterocycles. The van der Waals surface area contributed by atoms with Gasteiger partial charge in [0.2, 0.25) is 0 Å². The molecular formula is C16H8Br2ClNO3S. The summed E-state index contributed by atoms with van der Waals surface area (Å²) in [5.74, 6) is -0.366. The van der Waals surface area contributed by atoms with Crippen LogP contribution in [0.25, 0.3) is 6.08 Å². The number of hydrogen-bond donors (Lipinski definition) is 1. The number of phenols is 1. The number of carbonyl (C=O) groups is 2. The van der Waals surface area contributed by atoms with Gasteiger partial charge in [0.15, 0.2) is 0 Å². The van der Waals surface area contributed by atoms with E-state index in [1.165, 1.54) is 0 Å². The molecule has 3 rings (SSSR count). The molecule has 0 bridgehead atoms. The lowest BCUT2D eigenvalue weighted by atomic mass is 10.2. The summed E-state index contributed by atoms with van der Waals surface area (Å²) in [6.07, 6.45) is 1.59. The van der Waals surface area contributed by atoms with Crippen LogP contribution in [-0.4, -0.2) is 16.3 Å². The van der Waals surface area contributed by atoms with Crippen LogP contribution in [0.2, 0.25) is 5.02 Å². The van der Waals surface area contributed by atoms with Crippen molar-refractivity contribution in [1.82, 2.24) is 0 Å². The van der Waals surface area contributed by atoms with E-state index in [-0.39, 0.29) is 10.7 Å². The summed E-state index contributed by atoms with van der Waals surface area (Å²) < 4.78 is 0.960. The van der Waals surface area contributed by atoms with Crippen LogP contribution in [-0.2, 0) is 4.79 Å². The number of nitrogens with zero attached hydrogens (tertiary/aromatic N) is 1. The van der Waals surface area contributed by atoms with E-state index >= 15 is 0 Å². The maximum absolute atomic E-state index is 12.6. The molecule has 24 heavy (non-hydrogen) atoms. The van der Waals surface area contributed by atoms with Gasteiger partial charge in [-0.25, -0.2) is 4.90 Å². The zero-order chi connectivity index (χ0) is 17.4. The number of phenolic OH excluding ortho intramolecular Hbond substituents is 1. The lowest BCUT2D eigenvalue weighted by Crippen LogP contribution is -2.27. The van der Waals surface area contributed by atoms with Crippen molar-refractivity contribution in [1.29, 1.82) is 0 Å². The minimum absolute atomic E-state index is 0.0660. The Morgan fingerprint density at radius 3 is 2.38 bits per heavy atom. The van der Waals surface area contributed by atoms with E-state index in [0.29, 0.717) is 25.2 Å². The highest BCUT2D eigenvalue weighted by Gasteiger charge is 2.37. The van der Waals surface area contributed by atoms with Gasteiger partial charge in [-0.1, -0.05) is 23.7 Å². The van der Waals surface area contributed by atoms with Crippen molar-refractivity contribution >= 4 is 78.1 Å². The molecule has 0 aliphatic carbocycles. The number of carbonyl (C=O) groups excluding carboxylic acids is 2. The second kappa shape index (κ2) is 6.92. The van der Waals surface area contributed by atoms with Crippen molar-refractivity contribution in [2.24, 2.45) is 0 Å². The fraction of sp³-hybridized carbons (Fsp3) is 0. The lowest BCUT2D eigenvalue weighted by Gasteiger charge is -2.13. The van der Waals surface area contributed by atoms with E-state index in [0.717, 1.165) is 16.7 Å². The minimum Gasteiger partial charge on any atom is -0.506 e. The van der Waals surface area contributed by atoms with Gasteiger partial charge in [-0.15, -0.1) is 0 Å². The fourth-order valence-corrected chi connectivity index (χ4v) is 4.40. The van der Waals surface area contributed by atoms with E-state index in [1.807, 2.05) is 0 Å². The molecule has 2 aromatic carbocycles. The van der Waals surface area contributed by atoms with Crippen LogP contribution >= 0.6 is 55.2 Å². The van der Waals surface area contributed by atoms with Crippen molar-refractivity contribution in [3.8, 4) is 5.75 Å². The van der Waals surface area contributed by atoms with Crippen LogP contribution < -0.4 is 4.90 Å². The molecule has 2 amide bonds. The van der Waals surface area contributed by atoms with Crippen LogP contribution in [0.3, 0.4) is 0 Å². The van der Waals surface area contributed by atoms with Crippen molar-refractivity contribution in [3.63, 3.8) is 0 Å². The monoisotopic (exact) mass is 487 g/mol. The molecule has 4 nitrogen and oxygen atoms in total. The number of aromatic hydroxyl groups is 1. The molecule has 0 unspecified atom stereocenters. The zero-order valence-corrected chi connectivity index (χ0v) is 16.5. The van der Waals surface area contributed by atoms with E-state index in [1.54, 1.807) is 42.5 Å². The molecule has 0 saturated carbocycles. The van der Waals surface area contributed by atoms with Crippen molar-refractivity contribution in [2.75, 3.05) is 4.90 Å². The highest BCUT2D eigenvalue weighted by molar-refractivity contribution is 9.11. The van der Waals surface area contributed by atoms with Gasteiger partial charge in [0.1, 0.15) is 5.75 Å². The molecule has 0 aromatic heterocycles. The standard InChI is InChI=1S/C16H8Br2ClNO3S/c17-9-5-8(6-10(18)14(9)21)7-13-15(22)20(16(23)24-13)12-4-2-1-3-11(12)19/h1-7,21H/b13-7-. The number of imide groups is 1. The van der Waals surface area contributed by atoms with Gasteiger partial charge in [0.25, 0.3) is 11.1 Å². The minimum atomic E-state index is -0.432. The first-order valence-electron chi connectivity index (χ1n) is 6.59. The molecular weight excluding hydrogens is 482 g/mol. The van der Waals surface area contributed by atoms with Gasteiger partial charge in [0.05, 0.1) is 24.6 Å². The molecule has 1 heterocycles. The van der Waals surface area contributed by atoms with E-state index in [4.69, 9.17) is 11.6 Å². The van der Waals surface area contributed by atoms with Gasteiger partial charge in [-0.3, -0.25) is 9.59 Å². The van der Waals surface area contributed by atoms with Crippen LogP contribution in [0.5, 0.6) is 5.75 Å². The van der Waals surface area contributed by atoms with Gasteiger partial charge in [0, 0.05) is 0 Å². The first kappa shape index (κ1) is 17.5. The van der Waals surface area contributed by atoms with Crippen LogP contribution in [0.1, 0.15) is 5.56 Å². The van der Waals surface area contributed by atoms with Crippen LogP contribution in [0, 0.1) is 0 Å². The number of halogens is 3. The van der Waals surface area contributed by atoms with Crippen molar-refractivity contribution < 1.29 is 14.7 Å². The maximum atomic E-state index is 12.6. The summed E-state index contributed by atoms with van der Waals surface area (Å²) in [4.78, 5) is 26.2. The average Bonchev–Trinajstić information content (AvgIpc) is 2.80. The molecule has 1 aliphatic rings. The Bertz CT molecular complexity index is 878. The van der Waals surface area contributed by atoms with Crippen LogP contribution in [0.4, 0.5) is 10.5 Å². The third-order valence-corrected chi connectivity index (χ3v) is 5.62. The van der Waals surface area contributed by atoms with Crippen LogP contribution in [0.15, 0.2) is 50.2 Å². The molecule has 122 valence electrons. The largest absolute Gasteiger partial charge is 0.506 e. The average molecular weight is 490 g/mol. The third kappa shape index (κ3) is 3.26. The Balaban J connectivity index is 1.99. The predicted octanol–water partition coefficient (Wildman–Crippen LogP) is 5.81. The number of rotatable bonds is 2. The summed E-state index contributed by atoms with van der Waals surface area (Å²) in [6.45, 7) is 0. The number of amides is 2. The Morgan fingerprint density at radius 1 is 1.12 bits per heavy atom. The third-order valence-electron chi connectivity index (χ3n) is 3.22. The first-order valence-corrected chi connectivity index (χ1v) is 9.37. The summed E-state index contributed by atoms with van der Waals surface area (Å²) in [5.41, 5.74) is 1.02. The zero-order valence-electron chi connectivity index (χ0n) is 11.8. The number of hydrogen-bond acceptors (Lipinski definition) is 4. The van der Waals surface area contributed by atoms with Crippen molar-refractivity contribution in [3.05, 3.63) is 60.8 Å². The van der Waals surface area contributed by atoms with Gasteiger partial charge in [-0.05, 0) is 79.5 Å². The molecule has 0 atom stereocenters. The Kier molecular flexibility index (Phi) is 5.05. The second-order valence-electron chi connectivity index (χ2n) is 4.80. The quantitative estimate of drug-likeness (QED) is 0.541. The number of para-hydroxylation sites is 1. The fourth-order valence-electron chi connectivity index (χ4n) is 2.13. The number of thioether (sulfide) groups is 1. The second-order valence-corrected chi connectivity index (χ2v) is 7.91. The predicted molar refractivity (Wildman–Crippen MR) is 103 cm³/mol. The SMILES string of the molecule is O=C1S/C(=C\c2cc(Br)c(O)c(Br)c2)C(=O)N1c1ccccc1Cl. The summed E-state index contributed by atoms with van der Waals surface area (Å²) in [7, 11) is 0. The van der Waals surface area contributed by atoms with Crippen molar-refractivity contribution in [2.45, 2.75) is 0 Å². The van der Waals surface area contributed by atoms with E-state index < -0.39 is 11.1 Å². The summed E-state index contributed by atoms with van der Waals surface area (Å²) in [6, 6.07) is 10.00. The molecule has 8 heteroatoms. The molecule has 1 N–H and O–H groups in total. The Hall–Kier alpha value is -1.28. The topological polar surface area (TPSA) is 57.6 Å². The normalized spacial score (nSPS) is 16.3. The highest BCUT2D eigenvalue weighted by Crippen LogP contribution is 2.40. The van der Waals surface area contributed by atoms with Gasteiger partial charge in [-0.2, -0.15) is 0 Å². The number of benzene rings is 2. The lowest BCUT2D eigenvalue weighted by molar-refractivity contribution is -0.113. The Labute approximate surface area is 163 Å². The number of anilines is 1. The smallest absolute Gasteiger partial charge is 0.298 e. The molecule has 0 spiro atoms.